The monoisotopic (exact) mass is 384 g/mol. The van der Waals surface area contributed by atoms with Crippen LogP contribution in [0.1, 0.15) is 23.1 Å². The smallest absolute Gasteiger partial charge is 0.326 e. The van der Waals surface area contributed by atoms with Crippen molar-refractivity contribution < 1.29 is 22.8 Å². The van der Waals surface area contributed by atoms with Crippen molar-refractivity contribution in [3.63, 3.8) is 0 Å². The number of carbonyl (C=O) groups excluding carboxylic acids is 2. The zero-order valence-electron chi connectivity index (χ0n) is 14.0. The van der Waals surface area contributed by atoms with Gasteiger partial charge in [0, 0.05) is 5.69 Å². The Kier molecular flexibility index (Phi) is 5.92. The van der Waals surface area contributed by atoms with Crippen LogP contribution < -0.4 is 10.6 Å². The van der Waals surface area contributed by atoms with Gasteiger partial charge in [0.15, 0.2) is 0 Å². The highest BCUT2D eigenvalue weighted by Gasteiger charge is 2.31. The lowest BCUT2D eigenvalue weighted by Gasteiger charge is -2.12. The number of nitrogens with one attached hydrogen (secondary N) is 2. The Morgan fingerprint density at radius 2 is 1.54 bits per heavy atom. The van der Waals surface area contributed by atoms with Crippen LogP contribution in [0.25, 0.3) is 0 Å². The van der Waals surface area contributed by atoms with Gasteiger partial charge in [0.1, 0.15) is 6.42 Å². The number of hydrogen-bond acceptors (Lipinski definition) is 2. The second kappa shape index (κ2) is 7.78. The van der Waals surface area contributed by atoms with Crippen molar-refractivity contribution in [3.05, 3.63) is 58.1 Å². The van der Waals surface area contributed by atoms with Crippen molar-refractivity contribution >= 4 is 34.8 Å². The number of anilines is 2. The van der Waals surface area contributed by atoms with Gasteiger partial charge in [-0.1, -0.05) is 17.7 Å². The van der Waals surface area contributed by atoms with Gasteiger partial charge in [-0.25, -0.2) is 0 Å². The Morgan fingerprint density at radius 3 is 2.12 bits per heavy atom. The Morgan fingerprint density at radius 1 is 0.962 bits per heavy atom. The van der Waals surface area contributed by atoms with Gasteiger partial charge >= 0.3 is 6.18 Å². The van der Waals surface area contributed by atoms with Crippen LogP contribution in [0.5, 0.6) is 0 Å². The Hall–Kier alpha value is -2.54. The van der Waals surface area contributed by atoms with Gasteiger partial charge in [-0.3, -0.25) is 9.59 Å². The molecule has 4 nitrogen and oxygen atoms in total. The molecule has 0 heterocycles. The lowest BCUT2D eigenvalue weighted by molar-refractivity contribution is -0.137. The third kappa shape index (κ3) is 5.49. The minimum Gasteiger partial charge on any atom is -0.326 e. The van der Waals surface area contributed by atoms with E-state index in [1.54, 1.807) is 12.1 Å². The number of alkyl halides is 3. The number of benzene rings is 2. The fourth-order valence-corrected chi connectivity index (χ4v) is 2.55. The zero-order chi connectivity index (χ0) is 19.5. The third-order valence-electron chi connectivity index (χ3n) is 3.39. The highest BCUT2D eigenvalue weighted by atomic mass is 35.5. The molecule has 0 radical (unpaired) electrons. The van der Waals surface area contributed by atoms with Gasteiger partial charge in [0.25, 0.3) is 0 Å². The molecule has 0 fully saturated rings. The summed E-state index contributed by atoms with van der Waals surface area (Å²) in [6.45, 7) is 3.73. The normalized spacial score (nSPS) is 11.2. The van der Waals surface area contributed by atoms with E-state index in [4.69, 9.17) is 11.6 Å². The first-order valence-electron chi connectivity index (χ1n) is 7.59. The molecule has 0 atom stereocenters. The second-order valence-electron chi connectivity index (χ2n) is 5.84. The summed E-state index contributed by atoms with van der Waals surface area (Å²) in [7, 11) is 0. The number of halogens is 4. The van der Waals surface area contributed by atoms with Crippen LogP contribution in [-0.2, 0) is 15.8 Å². The highest BCUT2D eigenvalue weighted by Crippen LogP contribution is 2.33. The van der Waals surface area contributed by atoms with E-state index in [2.05, 4.69) is 10.6 Å². The van der Waals surface area contributed by atoms with E-state index in [9.17, 15) is 22.8 Å². The van der Waals surface area contributed by atoms with E-state index in [1.165, 1.54) is 0 Å². The van der Waals surface area contributed by atoms with E-state index >= 15 is 0 Å². The Bertz CT molecular complexity index is 831. The SMILES string of the molecule is Cc1cc(C)cc(NC(=O)CC(=O)Nc2cc(C(F)(F)F)ccc2Cl)c1. The summed E-state index contributed by atoms with van der Waals surface area (Å²) in [5, 5.41) is 4.75. The van der Waals surface area contributed by atoms with Crippen molar-refractivity contribution in [3.8, 4) is 0 Å². The maximum Gasteiger partial charge on any atom is 0.416 e. The summed E-state index contributed by atoms with van der Waals surface area (Å²) in [6.07, 6.45) is -5.12. The minimum absolute atomic E-state index is 0.0546. The lowest BCUT2D eigenvalue weighted by Crippen LogP contribution is -2.22. The van der Waals surface area contributed by atoms with Crippen molar-refractivity contribution in [1.82, 2.24) is 0 Å². The number of rotatable bonds is 4. The molecule has 0 aliphatic carbocycles. The predicted molar refractivity (Wildman–Crippen MR) is 94.2 cm³/mol. The quantitative estimate of drug-likeness (QED) is 0.733. The molecule has 0 aliphatic heterocycles. The summed E-state index contributed by atoms with van der Waals surface area (Å²) in [5.41, 5.74) is 1.28. The second-order valence-corrected chi connectivity index (χ2v) is 6.25. The van der Waals surface area contributed by atoms with Gasteiger partial charge < -0.3 is 10.6 Å². The molecule has 2 aromatic carbocycles. The molecule has 0 bridgehead atoms. The zero-order valence-corrected chi connectivity index (χ0v) is 14.8. The van der Waals surface area contributed by atoms with Crippen LogP contribution in [0.2, 0.25) is 5.02 Å². The maximum atomic E-state index is 12.7. The van der Waals surface area contributed by atoms with Gasteiger partial charge in [0.05, 0.1) is 16.3 Å². The van der Waals surface area contributed by atoms with Gasteiger partial charge in [-0.05, 0) is 55.3 Å². The average molecular weight is 385 g/mol. The number of aryl methyl sites for hydroxylation is 2. The molecule has 138 valence electrons. The Balaban J connectivity index is 2.03. The van der Waals surface area contributed by atoms with Crippen molar-refractivity contribution in [1.29, 1.82) is 0 Å². The maximum absolute atomic E-state index is 12.7. The average Bonchev–Trinajstić information content (AvgIpc) is 2.46. The summed E-state index contributed by atoms with van der Waals surface area (Å²) >= 11 is 5.81. The fourth-order valence-electron chi connectivity index (χ4n) is 2.39. The van der Waals surface area contributed by atoms with Crippen LogP contribution in [0.15, 0.2) is 36.4 Å². The summed E-state index contributed by atoms with van der Waals surface area (Å²) < 4.78 is 38.2. The summed E-state index contributed by atoms with van der Waals surface area (Å²) in [5.74, 6) is -1.36. The molecule has 26 heavy (non-hydrogen) atoms. The topological polar surface area (TPSA) is 58.2 Å². The van der Waals surface area contributed by atoms with E-state index in [1.807, 2.05) is 19.9 Å². The molecule has 0 saturated heterocycles. The standard InChI is InChI=1S/C18H16ClF3N2O2/c1-10-5-11(2)7-13(6-10)23-16(25)9-17(26)24-15-8-12(18(20,21)22)3-4-14(15)19/h3-8H,9H2,1-2H3,(H,23,25)(H,24,26). The van der Waals surface area contributed by atoms with Crippen LogP contribution in [0, 0.1) is 13.8 Å². The van der Waals surface area contributed by atoms with E-state index in [0.29, 0.717) is 5.69 Å². The van der Waals surface area contributed by atoms with Crippen molar-refractivity contribution in [2.24, 2.45) is 0 Å². The van der Waals surface area contributed by atoms with Crippen molar-refractivity contribution in [2.45, 2.75) is 26.4 Å². The number of amides is 2. The van der Waals surface area contributed by atoms with E-state index < -0.39 is 30.0 Å². The predicted octanol–water partition coefficient (Wildman–Crippen LogP) is 4.94. The van der Waals surface area contributed by atoms with E-state index in [0.717, 1.165) is 29.3 Å². The van der Waals surface area contributed by atoms with Gasteiger partial charge in [-0.2, -0.15) is 13.2 Å². The van der Waals surface area contributed by atoms with Crippen LogP contribution in [0.3, 0.4) is 0 Å². The lowest BCUT2D eigenvalue weighted by atomic mass is 10.1. The molecule has 2 N–H and O–H groups in total. The molecule has 0 saturated carbocycles. The number of hydrogen-bond donors (Lipinski definition) is 2. The largest absolute Gasteiger partial charge is 0.416 e. The first kappa shape index (κ1) is 19.8. The summed E-state index contributed by atoms with van der Waals surface area (Å²) in [4.78, 5) is 23.9. The van der Waals surface area contributed by atoms with Crippen LogP contribution >= 0.6 is 11.6 Å². The first-order valence-corrected chi connectivity index (χ1v) is 7.97. The van der Waals surface area contributed by atoms with Crippen LogP contribution in [0.4, 0.5) is 24.5 Å². The van der Waals surface area contributed by atoms with Crippen molar-refractivity contribution in [2.75, 3.05) is 10.6 Å². The molecule has 0 aromatic heterocycles. The molecule has 8 heteroatoms. The Labute approximate surface area is 153 Å². The molecule has 2 amide bonds. The highest BCUT2D eigenvalue weighted by molar-refractivity contribution is 6.33. The minimum atomic E-state index is -4.57. The molecule has 2 rings (SSSR count). The molecular weight excluding hydrogens is 369 g/mol. The van der Waals surface area contributed by atoms with Gasteiger partial charge in [0.2, 0.25) is 11.8 Å². The molecule has 0 aliphatic rings. The molecule has 0 unspecified atom stereocenters. The fraction of sp³-hybridized carbons (Fsp3) is 0.222. The summed E-state index contributed by atoms with van der Waals surface area (Å²) in [6, 6.07) is 7.99. The molecule has 0 spiro atoms. The first-order chi connectivity index (χ1) is 12.0. The molecular formula is C18H16ClF3N2O2. The molecule has 2 aromatic rings. The van der Waals surface area contributed by atoms with Gasteiger partial charge in [-0.15, -0.1) is 0 Å². The van der Waals surface area contributed by atoms with Crippen LogP contribution in [-0.4, -0.2) is 11.8 Å². The third-order valence-corrected chi connectivity index (χ3v) is 3.72. The number of carbonyl (C=O) groups is 2. The van der Waals surface area contributed by atoms with E-state index in [-0.39, 0.29) is 10.7 Å².